The predicted octanol–water partition coefficient (Wildman–Crippen LogP) is 4.75. The Hall–Kier alpha value is -2.51. The number of halogens is 1. The lowest BCUT2D eigenvalue weighted by molar-refractivity contribution is -0.115. The highest BCUT2D eigenvalue weighted by molar-refractivity contribution is 9.10. The van der Waals surface area contributed by atoms with Crippen molar-refractivity contribution in [1.82, 2.24) is 4.98 Å². The van der Waals surface area contributed by atoms with E-state index in [1.165, 1.54) is 11.3 Å². The number of rotatable bonds is 6. The van der Waals surface area contributed by atoms with Gasteiger partial charge < -0.3 is 10.1 Å². The Kier molecular flexibility index (Phi) is 6.36. The van der Waals surface area contributed by atoms with E-state index in [4.69, 9.17) is 4.74 Å². The average molecular weight is 445 g/mol. The fourth-order valence-corrected chi connectivity index (χ4v) is 3.54. The first-order valence-corrected chi connectivity index (χ1v) is 9.90. The van der Waals surface area contributed by atoms with Gasteiger partial charge in [0.15, 0.2) is 0 Å². The number of ether oxygens (including phenoxy) is 1. The summed E-state index contributed by atoms with van der Waals surface area (Å²) in [6, 6.07) is 14.7. The van der Waals surface area contributed by atoms with Crippen LogP contribution in [0.2, 0.25) is 0 Å². The lowest BCUT2D eigenvalue weighted by atomic mass is 10.2. The van der Waals surface area contributed by atoms with Gasteiger partial charge in [-0.05, 0) is 47.1 Å². The molecule has 0 saturated carbocycles. The first-order chi connectivity index (χ1) is 13.0. The molecule has 0 fully saturated rings. The van der Waals surface area contributed by atoms with E-state index in [0.29, 0.717) is 20.7 Å². The summed E-state index contributed by atoms with van der Waals surface area (Å²) in [5, 5.41) is 5.31. The Morgan fingerprint density at radius 3 is 2.63 bits per heavy atom. The zero-order valence-corrected chi connectivity index (χ0v) is 17.0. The number of thiazole rings is 1. The van der Waals surface area contributed by atoms with E-state index in [1.54, 1.807) is 23.6 Å². The van der Waals surface area contributed by atoms with Crippen LogP contribution < -0.4 is 5.32 Å². The van der Waals surface area contributed by atoms with E-state index in [-0.39, 0.29) is 18.9 Å². The fraction of sp³-hybridized carbons (Fsp3) is 0.150. The molecular formula is C20H17BrN2O3S. The maximum Gasteiger partial charge on any atom is 0.339 e. The summed E-state index contributed by atoms with van der Waals surface area (Å²) in [5.41, 5.74) is 2.98. The average Bonchev–Trinajstić information content (AvgIpc) is 3.09. The molecular weight excluding hydrogens is 428 g/mol. The molecule has 1 N–H and O–H groups in total. The Balaban J connectivity index is 1.52. The first kappa shape index (κ1) is 19.3. The summed E-state index contributed by atoms with van der Waals surface area (Å²) in [4.78, 5) is 28.6. The van der Waals surface area contributed by atoms with E-state index in [2.05, 4.69) is 26.2 Å². The molecule has 0 bridgehead atoms. The van der Waals surface area contributed by atoms with Crippen LogP contribution in [0.5, 0.6) is 0 Å². The normalized spacial score (nSPS) is 10.4. The third kappa shape index (κ3) is 5.48. The first-order valence-electron chi connectivity index (χ1n) is 8.23. The van der Waals surface area contributed by atoms with Gasteiger partial charge in [0.1, 0.15) is 11.6 Å². The number of amides is 1. The molecule has 0 radical (unpaired) electrons. The van der Waals surface area contributed by atoms with Crippen LogP contribution in [0.3, 0.4) is 0 Å². The lowest BCUT2D eigenvalue weighted by Gasteiger charge is -2.05. The summed E-state index contributed by atoms with van der Waals surface area (Å²) >= 11 is 4.70. The lowest BCUT2D eigenvalue weighted by Crippen LogP contribution is -2.14. The van der Waals surface area contributed by atoms with Crippen molar-refractivity contribution in [3.63, 3.8) is 0 Å². The topological polar surface area (TPSA) is 68.3 Å². The van der Waals surface area contributed by atoms with Crippen molar-refractivity contribution in [3.05, 3.63) is 80.2 Å². The maximum atomic E-state index is 12.1. The van der Waals surface area contributed by atoms with Crippen molar-refractivity contribution < 1.29 is 14.3 Å². The molecule has 5 nitrogen and oxygen atoms in total. The Bertz CT molecular complexity index is 954. The molecule has 7 heteroatoms. The van der Waals surface area contributed by atoms with Crippen LogP contribution in [0.25, 0.3) is 0 Å². The molecule has 0 aliphatic rings. The molecule has 1 amide bonds. The SMILES string of the molecule is Cc1ccc(NC(=O)Cc2nc(COC(=O)c3ccccc3Br)cs2)cc1. The van der Waals surface area contributed by atoms with Gasteiger partial charge in [-0.2, -0.15) is 0 Å². The number of carbonyl (C=O) groups excluding carboxylic acids is 2. The highest BCUT2D eigenvalue weighted by Crippen LogP contribution is 2.18. The number of aromatic nitrogens is 1. The highest BCUT2D eigenvalue weighted by atomic mass is 79.9. The smallest absolute Gasteiger partial charge is 0.339 e. The van der Waals surface area contributed by atoms with E-state index in [0.717, 1.165) is 11.3 Å². The number of hydrogen-bond donors (Lipinski definition) is 1. The Morgan fingerprint density at radius 1 is 1.15 bits per heavy atom. The molecule has 0 atom stereocenters. The second kappa shape index (κ2) is 8.92. The van der Waals surface area contributed by atoms with Crippen molar-refractivity contribution in [3.8, 4) is 0 Å². The molecule has 1 heterocycles. The minimum absolute atomic E-state index is 0.0657. The van der Waals surface area contributed by atoms with Crippen molar-refractivity contribution in [1.29, 1.82) is 0 Å². The molecule has 27 heavy (non-hydrogen) atoms. The minimum Gasteiger partial charge on any atom is -0.456 e. The number of nitrogens with one attached hydrogen (secondary N) is 1. The highest BCUT2D eigenvalue weighted by Gasteiger charge is 2.13. The minimum atomic E-state index is -0.422. The molecule has 3 aromatic rings. The zero-order valence-electron chi connectivity index (χ0n) is 14.6. The molecule has 0 saturated heterocycles. The van der Waals surface area contributed by atoms with Gasteiger partial charge in [0.05, 0.1) is 17.7 Å². The second-order valence-corrected chi connectivity index (χ2v) is 7.68. The Labute approximate surface area is 169 Å². The molecule has 138 valence electrons. The zero-order chi connectivity index (χ0) is 19.2. The van der Waals surface area contributed by atoms with Crippen LogP contribution >= 0.6 is 27.3 Å². The van der Waals surface area contributed by atoms with Crippen molar-refractivity contribution in [2.24, 2.45) is 0 Å². The van der Waals surface area contributed by atoms with E-state index < -0.39 is 5.97 Å². The van der Waals surface area contributed by atoms with Gasteiger partial charge in [0.2, 0.25) is 5.91 Å². The summed E-state index contributed by atoms with van der Waals surface area (Å²) in [6.07, 6.45) is 0.177. The third-order valence-electron chi connectivity index (χ3n) is 3.69. The molecule has 0 spiro atoms. The number of benzene rings is 2. The van der Waals surface area contributed by atoms with Crippen LogP contribution in [0.15, 0.2) is 58.4 Å². The quantitative estimate of drug-likeness (QED) is 0.556. The van der Waals surface area contributed by atoms with Crippen LogP contribution in [0.4, 0.5) is 5.69 Å². The van der Waals surface area contributed by atoms with Gasteiger partial charge in [0.25, 0.3) is 0 Å². The fourth-order valence-electron chi connectivity index (χ4n) is 2.32. The Morgan fingerprint density at radius 2 is 1.89 bits per heavy atom. The predicted molar refractivity (Wildman–Crippen MR) is 109 cm³/mol. The summed E-state index contributed by atoms with van der Waals surface area (Å²) in [6.45, 7) is 2.06. The summed E-state index contributed by atoms with van der Waals surface area (Å²) < 4.78 is 5.98. The third-order valence-corrected chi connectivity index (χ3v) is 5.28. The summed E-state index contributed by atoms with van der Waals surface area (Å²) in [7, 11) is 0. The van der Waals surface area contributed by atoms with Gasteiger partial charge in [-0.15, -0.1) is 11.3 Å². The van der Waals surface area contributed by atoms with Crippen LogP contribution in [-0.4, -0.2) is 16.9 Å². The second-order valence-electron chi connectivity index (χ2n) is 5.88. The van der Waals surface area contributed by atoms with Crippen molar-refractivity contribution in [2.45, 2.75) is 20.0 Å². The number of hydrogen-bond acceptors (Lipinski definition) is 5. The largest absolute Gasteiger partial charge is 0.456 e. The van der Waals surface area contributed by atoms with Gasteiger partial charge in [-0.25, -0.2) is 9.78 Å². The summed E-state index contributed by atoms with van der Waals surface area (Å²) in [5.74, 6) is -0.556. The van der Waals surface area contributed by atoms with Crippen LogP contribution in [0.1, 0.15) is 26.6 Å². The van der Waals surface area contributed by atoms with Gasteiger partial charge in [-0.1, -0.05) is 29.8 Å². The van der Waals surface area contributed by atoms with E-state index >= 15 is 0 Å². The van der Waals surface area contributed by atoms with E-state index in [9.17, 15) is 9.59 Å². The maximum absolute atomic E-state index is 12.1. The number of anilines is 1. The van der Waals surface area contributed by atoms with Crippen molar-refractivity contribution in [2.75, 3.05) is 5.32 Å². The molecule has 0 unspecified atom stereocenters. The van der Waals surface area contributed by atoms with Gasteiger partial charge >= 0.3 is 5.97 Å². The van der Waals surface area contributed by atoms with Crippen LogP contribution in [0, 0.1) is 6.92 Å². The molecule has 3 rings (SSSR count). The number of nitrogens with zero attached hydrogens (tertiary/aromatic N) is 1. The number of aryl methyl sites for hydroxylation is 1. The molecule has 2 aromatic carbocycles. The molecule has 0 aliphatic carbocycles. The number of carbonyl (C=O) groups is 2. The molecule has 1 aromatic heterocycles. The van der Waals surface area contributed by atoms with Crippen LogP contribution in [-0.2, 0) is 22.6 Å². The van der Waals surface area contributed by atoms with Gasteiger partial charge in [-0.3, -0.25) is 4.79 Å². The van der Waals surface area contributed by atoms with Crippen molar-refractivity contribution >= 4 is 44.8 Å². The van der Waals surface area contributed by atoms with Gasteiger partial charge in [0, 0.05) is 15.5 Å². The molecule has 0 aliphatic heterocycles. The number of esters is 1. The standard InChI is InChI=1S/C20H17BrN2O3S/c1-13-6-8-14(9-7-13)22-18(24)10-19-23-15(12-27-19)11-26-20(25)16-4-2-3-5-17(16)21/h2-9,12H,10-11H2,1H3,(H,22,24). The monoisotopic (exact) mass is 444 g/mol. The van der Waals surface area contributed by atoms with E-state index in [1.807, 2.05) is 37.3 Å².